The fourth-order valence-corrected chi connectivity index (χ4v) is 2.07. The number of amides is 1. The molecule has 0 fully saturated rings. The summed E-state index contributed by atoms with van der Waals surface area (Å²) in [6.45, 7) is 1.46. The highest BCUT2D eigenvalue weighted by molar-refractivity contribution is 5.89. The lowest BCUT2D eigenvalue weighted by atomic mass is 10.2. The predicted octanol–water partition coefficient (Wildman–Crippen LogP) is 1.06. The summed E-state index contributed by atoms with van der Waals surface area (Å²) in [5, 5.41) is 7.75. The van der Waals surface area contributed by atoms with E-state index in [4.69, 9.17) is 5.84 Å². The average Bonchev–Trinajstić information content (AvgIpc) is 2.90. The summed E-state index contributed by atoms with van der Waals surface area (Å²) in [5.41, 5.74) is 4.60. The number of hydrogen-bond donors (Lipinski definition) is 3. The standard InChI is InChI=1S/C13H13N7O/c1-8(21)18-9-3-2-4-10(5-9)20-13-11(6-17-20)12(19-14)15-7-16-13/h2-7H,14H2,1H3,(H,18,21)(H,15,16,19). The van der Waals surface area contributed by atoms with E-state index in [0.717, 1.165) is 5.69 Å². The van der Waals surface area contributed by atoms with Gasteiger partial charge >= 0.3 is 0 Å². The van der Waals surface area contributed by atoms with Crippen LogP contribution in [-0.4, -0.2) is 25.7 Å². The smallest absolute Gasteiger partial charge is 0.221 e. The zero-order valence-electron chi connectivity index (χ0n) is 11.2. The van der Waals surface area contributed by atoms with Crippen molar-refractivity contribution in [1.29, 1.82) is 0 Å². The normalized spacial score (nSPS) is 10.6. The molecule has 0 aliphatic heterocycles. The van der Waals surface area contributed by atoms with E-state index in [-0.39, 0.29) is 5.91 Å². The van der Waals surface area contributed by atoms with Gasteiger partial charge in [0.25, 0.3) is 0 Å². The van der Waals surface area contributed by atoms with Gasteiger partial charge in [-0.1, -0.05) is 6.07 Å². The van der Waals surface area contributed by atoms with Crippen LogP contribution >= 0.6 is 0 Å². The molecule has 0 aliphatic rings. The second kappa shape index (κ2) is 5.17. The molecule has 0 atom stereocenters. The molecule has 8 heteroatoms. The largest absolute Gasteiger partial charge is 0.326 e. The lowest BCUT2D eigenvalue weighted by Crippen LogP contribution is -2.09. The molecule has 4 N–H and O–H groups in total. The van der Waals surface area contributed by atoms with E-state index in [1.807, 2.05) is 18.2 Å². The molecule has 0 bridgehead atoms. The first-order valence-corrected chi connectivity index (χ1v) is 6.22. The van der Waals surface area contributed by atoms with E-state index in [0.29, 0.717) is 22.5 Å². The first-order chi connectivity index (χ1) is 10.2. The van der Waals surface area contributed by atoms with Crippen LogP contribution in [0.2, 0.25) is 0 Å². The maximum Gasteiger partial charge on any atom is 0.221 e. The molecule has 2 aromatic heterocycles. The number of carbonyl (C=O) groups excluding carboxylic acids is 1. The topological polar surface area (TPSA) is 111 Å². The van der Waals surface area contributed by atoms with Crippen molar-refractivity contribution >= 4 is 28.4 Å². The number of nitrogens with one attached hydrogen (secondary N) is 2. The van der Waals surface area contributed by atoms with Gasteiger partial charge in [-0.25, -0.2) is 20.5 Å². The molecule has 0 radical (unpaired) electrons. The summed E-state index contributed by atoms with van der Waals surface area (Å²) < 4.78 is 1.66. The maximum atomic E-state index is 11.1. The number of hydrazine groups is 1. The van der Waals surface area contributed by atoms with Gasteiger partial charge in [-0.15, -0.1) is 0 Å². The molecule has 0 saturated carbocycles. The summed E-state index contributed by atoms with van der Waals surface area (Å²) in [6, 6.07) is 7.32. The Bertz CT molecular complexity index is 811. The number of nitrogens with zero attached hydrogens (tertiary/aromatic N) is 4. The van der Waals surface area contributed by atoms with Crippen LogP contribution in [0.5, 0.6) is 0 Å². The van der Waals surface area contributed by atoms with Crippen molar-refractivity contribution in [3.63, 3.8) is 0 Å². The van der Waals surface area contributed by atoms with Crippen molar-refractivity contribution in [2.75, 3.05) is 10.7 Å². The third-order valence-electron chi connectivity index (χ3n) is 2.91. The van der Waals surface area contributed by atoms with Crippen LogP contribution in [0.3, 0.4) is 0 Å². The number of carbonyl (C=O) groups is 1. The molecule has 2 heterocycles. The molecule has 0 aliphatic carbocycles. The van der Waals surface area contributed by atoms with Gasteiger partial charge in [-0.2, -0.15) is 5.10 Å². The number of rotatable bonds is 3. The molecule has 1 amide bonds. The quantitative estimate of drug-likeness (QED) is 0.489. The molecule has 3 aromatic rings. The van der Waals surface area contributed by atoms with Crippen molar-refractivity contribution < 1.29 is 4.79 Å². The Hall–Kier alpha value is -3.00. The summed E-state index contributed by atoms with van der Waals surface area (Å²) in [6.07, 6.45) is 3.04. The number of aromatic nitrogens is 4. The number of hydrogen-bond acceptors (Lipinski definition) is 6. The minimum atomic E-state index is -0.130. The number of nitrogens with two attached hydrogens (primary N) is 1. The zero-order chi connectivity index (χ0) is 14.8. The van der Waals surface area contributed by atoms with Crippen LogP contribution in [0.25, 0.3) is 16.7 Å². The summed E-state index contributed by atoms with van der Waals surface area (Å²) in [4.78, 5) is 19.4. The minimum absolute atomic E-state index is 0.130. The van der Waals surface area contributed by atoms with Crippen LogP contribution in [0.4, 0.5) is 11.5 Å². The predicted molar refractivity (Wildman–Crippen MR) is 78.8 cm³/mol. The highest BCUT2D eigenvalue weighted by Crippen LogP contribution is 2.22. The second-order valence-electron chi connectivity index (χ2n) is 4.39. The van der Waals surface area contributed by atoms with E-state index in [1.54, 1.807) is 16.9 Å². The van der Waals surface area contributed by atoms with Crippen molar-refractivity contribution in [2.45, 2.75) is 6.92 Å². The fraction of sp³-hybridized carbons (Fsp3) is 0.0769. The van der Waals surface area contributed by atoms with Crippen molar-refractivity contribution in [3.05, 3.63) is 36.8 Å². The SMILES string of the molecule is CC(=O)Nc1cccc(-n2ncc3c(NN)ncnc32)c1. The van der Waals surface area contributed by atoms with E-state index < -0.39 is 0 Å². The number of anilines is 2. The highest BCUT2D eigenvalue weighted by atomic mass is 16.1. The first kappa shape index (κ1) is 13.0. The first-order valence-electron chi connectivity index (χ1n) is 6.22. The van der Waals surface area contributed by atoms with Crippen LogP contribution in [0, 0.1) is 0 Å². The average molecular weight is 283 g/mol. The molecule has 0 unspecified atom stereocenters. The van der Waals surface area contributed by atoms with E-state index >= 15 is 0 Å². The fourth-order valence-electron chi connectivity index (χ4n) is 2.07. The molecule has 8 nitrogen and oxygen atoms in total. The molecular weight excluding hydrogens is 270 g/mol. The van der Waals surface area contributed by atoms with E-state index in [9.17, 15) is 4.79 Å². The van der Waals surface area contributed by atoms with Gasteiger partial charge in [0.2, 0.25) is 5.91 Å². The molecule has 0 spiro atoms. The third kappa shape index (κ3) is 2.39. The van der Waals surface area contributed by atoms with Crippen molar-refractivity contribution in [3.8, 4) is 5.69 Å². The summed E-state index contributed by atoms with van der Waals surface area (Å²) in [5.74, 6) is 5.79. The molecule has 1 aromatic carbocycles. The van der Waals surface area contributed by atoms with Crippen molar-refractivity contribution in [1.82, 2.24) is 19.7 Å². The second-order valence-corrected chi connectivity index (χ2v) is 4.39. The third-order valence-corrected chi connectivity index (χ3v) is 2.91. The van der Waals surface area contributed by atoms with Gasteiger partial charge in [0, 0.05) is 12.6 Å². The summed E-state index contributed by atoms with van der Waals surface area (Å²) >= 11 is 0. The number of nitrogen functional groups attached to an aromatic ring is 1. The Morgan fingerprint density at radius 3 is 2.95 bits per heavy atom. The number of fused-ring (bicyclic) bond motifs is 1. The van der Waals surface area contributed by atoms with E-state index in [2.05, 4.69) is 25.8 Å². The lowest BCUT2D eigenvalue weighted by Gasteiger charge is -2.07. The summed E-state index contributed by atoms with van der Waals surface area (Å²) in [7, 11) is 0. The van der Waals surface area contributed by atoms with Gasteiger partial charge in [0.1, 0.15) is 6.33 Å². The Morgan fingerprint density at radius 1 is 1.33 bits per heavy atom. The molecule has 106 valence electrons. The van der Waals surface area contributed by atoms with Crippen LogP contribution in [0.15, 0.2) is 36.8 Å². The van der Waals surface area contributed by atoms with Crippen molar-refractivity contribution in [2.24, 2.45) is 5.84 Å². The van der Waals surface area contributed by atoms with Gasteiger partial charge in [-0.3, -0.25) is 4.79 Å². The Balaban J connectivity index is 2.10. The van der Waals surface area contributed by atoms with Crippen LogP contribution in [-0.2, 0) is 4.79 Å². The molecule has 21 heavy (non-hydrogen) atoms. The Kier molecular flexibility index (Phi) is 3.20. The van der Waals surface area contributed by atoms with Crippen LogP contribution < -0.4 is 16.6 Å². The monoisotopic (exact) mass is 283 g/mol. The number of benzene rings is 1. The molecule has 3 rings (SSSR count). The van der Waals surface area contributed by atoms with Crippen LogP contribution in [0.1, 0.15) is 6.92 Å². The van der Waals surface area contributed by atoms with Gasteiger partial charge in [0.15, 0.2) is 11.5 Å². The minimum Gasteiger partial charge on any atom is -0.326 e. The van der Waals surface area contributed by atoms with Gasteiger partial charge < -0.3 is 10.7 Å². The Morgan fingerprint density at radius 2 is 2.19 bits per heavy atom. The lowest BCUT2D eigenvalue weighted by molar-refractivity contribution is -0.114. The molecule has 0 saturated heterocycles. The van der Waals surface area contributed by atoms with Gasteiger partial charge in [-0.05, 0) is 18.2 Å². The highest BCUT2D eigenvalue weighted by Gasteiger charge is 2.10. The Labute approximate surface area is 120 Å². The maximum absolute atomic E-state index is 11.1. The van der Waals surface area contributed by atoms with E-state index in [1.165, 1.54) is 13.3 Å². The molecular formula is C13H13N7O. The van der Waals surface area contributed by atoms with Gasteiger partial charge in [0.05, 0.1) is 17.3 Å². The zero-order valence-corrected chi connectivity index (χ0v) is 11.2.